The van der Waals surface area contributed by atoms with E-state index in [0.29, 0.717) is 33.8 Å². The maximum absolute atomic E-state index is 13.1. The summed E-state index contributed by atoms with van der Waals surface area (Å²) in [5, 5.41) is 3.08. The average molecular weight is 562 g/mol. The maximum Gasteiger partial charge on any atom is 0.255 e. The van der Waals surface area contributed by atoms with Crippen LogP contribution in [-0.4, -0.2) is 37.5 Å². The number of carbonyl (C=O) groups excluding carboxylic acids is 2. The Kier molecular flexibility index (Phi) is 7.52. The van der Waals surface area contributed by atoms with E-state index in [1.165, 1.54) is 28.6 Å². The number of rotatable bonds is 6. The first-order chi connectivity index (χ1) is 16.3. The van der Waals surface area contributed by atoms with Crippen molar-refractivity contribution in [1.29, 1.82) is 0 Å². The summed E-state index contributed by atoms with van der Waals surface area (Å²) in [4.78, 5) is 26.2. The van der Waals surface area contributed by atoms with Gasteiger partial charge in [0.05, 0.1) is 15.6 Å². The molecule has 34 heavy (non-hydrogen) atoms. The lowest BCUT2D eigenvalue weighted by Crippen LogP contribution is -2.35. The number of halogens is 2. The number of piperidine rings is 1. The summed E-state index contributed by atoms with van der Waals surface area (Å²) in [6.07, 6.45) is 2.73. The molecular formula is C25H22BrClN2O4S. The molecule has 3 aromatic rings. The molecule has 0 aliphatic carbocycles. The van der Waals surface area contributed by atoms with Crippen molar-refractivity contribution in [2.24, 2.45) is 0 Å². The van der Waals surface area contributed by atoms with Crippen LogP contribution in [0.15, 0.2) is 76.1 Å². The predicted molar refractivity (Wildman–Crippen MR) is 136 cm³/mol. The molecule has 9 heteroatoms. The Balaban J connectivity index is 1.56. The van der Waals surface area contributed by atoms with Crippen molar-refractivity contribution in [2.75, 3.05) is 18.4 Å². The quantitative estimate of drug-likeness (QED) is 0.388. The Bertz CT molecular complexity index is 1340. The number of anilines is 1. The number of amides is 1. The minimum Gasteiger partial charge on any atom is -0.321 e. The second-order valence-corrected chi connectivity index (χ2v) is 11.2. The molecule has 1 heterocycles. The standard InChI is InChI=1S/C25H22BrClN2O4S/c26-18-10-13-23(21(16-18)24(30)20-6-2-3-7-22(20)27)28-25(31)17-8-11-19(12-9-17)34(32,33)29-14-4-1-5-15-29/h2-3,6-13,16H,1,4-5,14-15H2,(H,28,31). The van der Waals surface area contributed by atoms with Crippen LogP contribution in [0.2, 0.25) is 5.02 Å². The number of nitrogens with zero attached hydrogens (tertiary/aromatic N) is 1. The molecule has 0 spiro atoms. The highest BCUT2D eigenvalue weighted by molar-refractivity contribution is 9.10. The molecule has 0 saturated carbocycles. The number of sulfonamides is 1. The van der Waals surface area contributed by atoms with E-state index in [0.717, 1.165) is 19.3 Å². The first-order valence-electron chi connectivity index (χ1n) is 10.8. The van der Waals surface area contributed by atoms with Gasteiger partial charge in [-0.3, -0.25) is 9.59 Å². The molecule has 0 radical (unpaired) electrons. The number of nitrogens with one attached hydrogen (secondary N) is 1. The fourth-order valence-electron chi connectivity index (χ4n) is 3.83. The van der Waals surface area contributed by atoms with Crippen LogP contribution in [-0.2, 0) is 10.0 Å². The van der Waals surface area contributed by atoms with E-state index < -0.39 is 15.9 Å². The fourth-order valence-corrected chi connectivity index (χ4v) is 5.93. The van der Waals surface area contributed by atoms with Gasteiger partial charge in [0.15, 0.2) is 5.78 Å². The molecule has 0 bridgehead atoms. The van der Waals surface area contributed by atoms with E-state index in [1.54, 1.807) is 42.5 Å². The van der Waals surface area contributed by atoms with Gasteiger partial charge in [0.2, 0.25) is 10.0 Å². The first kappa shape index (κ1) is 24.6. The van der Waals surface area contributed by atoms with Gasteiger partial charge in [-0.15, -0.1) is 0 Å². The monoisotopic (exact) mass is 560 g/mol. The van der Waals surface area contributed by atoms with Gasteiger partial charge in [-0.1, -0.05) is 46.1 Å². The van der Waals surface area contributed by atoms with E-state index in [4.69, 9.17) is 11.6 Å². The summed E-state index contributed by atoms with van der Waals surface area (Å²) in [7, 11) is -3.58. The molecule has 1 fully saturated rings. The van der Waals surface area contributed by atoms with Crippen molar-refractivity contribution < 1.29 is 18.0 Å². The van der Waals surface area contributed by atoms with Crippen LogP contribution in [0, 0.1) is 0 Å². The van der Waals surface area contributed by atoms with Crippen molar-refractivity contribution in [3.05, 3.63) is 92.9 Å². The van der Waals surface area contributed by atoms with Crippen LogP contribution in [0.3, 0.4) is 0 Å². The Morgan fingerprint density at radius 3 is 2.24 bits per heavy atom. The molecule has 4 rings (SSSR count). The third kappa shape index (κ3) is 5.25. The summed E-state index contributed by atoms with van der Waals surface area (Å²) in [5.41, 5.74) is 1.20. The van der Waals surface area contributed by atoms with Crippen LogP contribution < -0.4 is 5.32 Å². The molecule has 176 valence electrons. The van der Waals surface area contributed by atoms with E-state index in [1.807, 2.05) is 0 Å². The molecule has 1 amide bonds. The molecule has 1 saturated heterocycles. The third-order valence-corrected chi connectivity index (χ3v) is 8.40. The number of carbonyl (C=O) groups is 2. The van der Waals surface area contributed by atoms with Crippen LogP contribution in [0.5, 0.6) is 0 Å². The Morgan fingerprint density at radius 1 is 0.882 bits per heavy atom. The highest BCUT2D eigenvalue weighted by atomic mass is 79.9. The molecule has 1 N–H and O–H groups in total. The molecule has 0 aromatic heterocycles. The average Bonchev–Trinajstić information content (AvgIpc) is 2.85. The normalized spacial score (nSPS) is 14.5. The lowest BCUT2D eigenvalue weighted by molar-refractivity contribution is 0.102. The second-order valence-electron chi connectivity index (χ2n) is 7.94. The van der Waals surface area contributed by atoms with E-state index in [9.17, 15) is 18.0 Å². The molecule has 1 aliphatic heterocycles. The van der Waals surface area contributed by atoms with Crippen LogP contribution >= 0.6 is 27.5 Å². The molecule has 3 aromatic carbocycles. The maximum atomic E-state index is 13.1. The number of benzene rings is 3. The van der Waals surface area contributed by atoms with Gasteiger partial charge < -0.3 is 5.32 Å². The van der Waals surface area contributed by atoms with E-state index >= 15 is 0 Å². The zero-order valence-electron chi connectivity index (χ0n) is 18.1. The molecule has 1 aliphatic rings. The van der Waals surface area contributed by atoms with Gasteiger partial charge in [0.25, 0.3) is 5.91 Å². The largest absolute Gasteiger partial charge is 0.321 e. The summed E-state index contributed by atoms with van der Waals surface area (Å²) < 4.78 is 27.9. The lowest BCUT2D eigenvalue weighted by Gasteiger charge is -2.25. The minimum absolute atomic E-state index is 0.157. The van der Waals surface area contributed by atoms with Gasteiger partial charge in [0, 0.05) is 34.3 Å². The molecule has 6 nitrogen and oxygen atoms in total. The summed E-state index contributed by atoms with van der Waals surface area (Å²) >= 11 is 9.57. The van der Waals surface area contributed by atoms with Crippen molar-refractivity contribution >= 4 is 54.9 Å². The van der Waals surface area contributed by atoms with Gasteiger partial charge in [-0.05, 0) is 67.4 Å². The van der Waals surface area contributed by atoms with Crippen molar-refractivity contribution in [1.82, 2.24) is 4.31 Å². The molecule has 0 unspecified atom stereocenters. The smallest absolute Gasteiger partial charge is 0.255 e. The van der Waals surface area contributed by atoms with Gasteiger partial charge in [-0.2, -0.15) is 4.31 Å². The highest BCUT2D eigenvalue weighted by Crippen LogP contribution is 2.27. The Labute approximate surface area is 212 Å². The lowest BCUT2D eigenvalue weighted by atomic mass is 10.0. The van der Waals surface area contributed by atoms with Gasteiger partial charge >= 0.3 is 0 Å². The number of ketones is 1. The Morgan fingerprint density at radius 2 is 1.56 bits per heavy atom. The third-order valence-electron chi connectivity index (χ3n) is 5.66. The fraction of sp³-hybridized carbons (Fsp3) is 0.200. The summed E-state index contributed by atoms with van der Waals surface area (Å²) in [6, 6.07) is 17.5. The summed E-state index contributed by atoms with van der Waals surface area (Å²) in [5.74, 6) is -0.789. The highest BCUT2D eigenvalue weighted by Gasteiger charge is 2.26. The Hall–Kier alpha value is -2.52. The molecular weight excluding hydrogens is 540 g/mol. The number of hydrogen-bond donors (Lipinski definition) is 1. The minimum atomic E-state index is -3.58. The predicted octanol–water partition coefficient (Wildman–Crippen LogP) is 5.76. The van der Waals surface area contributed by atoms with Gasteiger partial charge in [-0.25, -0.2) is 8.42 Å². The van der Waals surface area contributed by atoms with Crippen molar-refractivity contribution in [2.45, 2.75) is 24.2 Å². The molecule has 0 atom stereocenters. The van der Waals surface area contributed by atoms with E-state index in [2.05, 4.69) is 21.2 Å². The number of hydrogen-bond acceptors (Lipinski definition) is 4. The SMILES string of the molecule is O=C(Nc1ccc(Br)cc1C(=O)c1ccccc1Cl)c1ccc(S(=O)(=O)N2CCCCC2)cc1. The van der Waals surface area contributed by atoms with Crippen LogP contribution in [0.1, 0.15) is 45.5 Å². The van der Waals surface area contributed by atoms with E-state index in [-0.39, 0.29) is 21.8 Å². The van der Waals surface area contributed by atoms with Crippen molar-refractivity contribution in [3.8, 4) is 0 Å². The zero-order valence-corrected chi connectivity index (χ0v) is 21.3. The van der Waals surface area contributed by atoms with Gasteiger partial charge in [0.1, 0.15) is 0 Å². The van der Waals surface area contributed by atoms with Crippen molar-refractivity contribution in [3.63, 3.8) is 0 Å². The van der Waals surface area contributed by atoms with Crippen LogP contribution in [0.25, 0.3) is 0 Å². The summed E-state index contributed by atoms with van der Waals surface area (Å²) in [6.45, 7) is 1.02. The topological polar surface area (TPSA) is 83.5 Å². The zero-order chi connectivity index (χ0) is 24.3. The first-order valence-corrected chi connectivity index (χ1v) is 13.4. The second kappa shape index (κ2) is 10.4. The van der Waals surface area contributed by atoms with Crippen LogP contribution in [0.4, 0.5) is 5.69 Å².